The van der Waals surface area contributed by atoms with E-state index >= 15 is 0 Å². The number of aromatic nitrogens is 2. The lowest BCUT2D eigenvalue weighted by Gasteiger charge is -2.14. The van der Waals surface area contributed by atoms with Crippen LogP contribution in [0, 0.1) is 0 Å². The van der Waals surface area contributed by atoms with E-state index in [1.807, 2.05) is 0 Å². The number of hydrogen-bond donors (Lipinski definition) is 1. The van der Waals surface area contributed by atoms with Crippen molar-refractivity contribution in [3.63, 3.8) is 0 Å². The molecule has 1 aromatic heterocycles. The molecule has 2 heteroatoms. The number of imidazole rings is 1. The quantitative estimate of drug-likeness (QED) is 0.649. The van der Waals surface area contributed by atoms with Crippen LogP contribution in [0.25, 0.3) is 11.0 Å². The molecule has 0 radical (unpaired) electrons. The summed E-state index contributed by atoms with van der Waals surface area (Å²) < 4.78 is 0. The van der Waals surface area contributed by atoms with Crippen molar-refractivity contribution in [3.05, 3.63) is 29.6 Å². The summed E-state index contributed by atoms with van der Waals surface area (Å²) in [6, 6.07) is 4.50. The van der Waals surface area contributed by atoms with Gasteiger partial charge in [-0.1, -0.05) is 0 Å². The first-order chi connectivity index (χ1) is 6.43. The molecule has 1 heterocycles. The van der Waals surface area contributed by atoms with Crippen LogP contribution in [0.4, 0.5) is 0 Å². The smallest absolute Gasteiger partial charge is 0.0931 e. The highest BCUT2D eigenvalue weighted by molar-refractivity contribution is 5.76. The fourth-order valence-electron chi connectivity index (χ4n) is 2.17. The van der Waals surface area contributed by atoms with E-state index in [2.05, 4.69) is 22.1 Å². The lowest BCUT2D eigenvalue weighted by molar-refractivity contribution is 0.687. The van der Waals surface area contributed by atoms with Gasteiger partial charge in [0.1, 0.15) is 0 Å². The van der Waals surface area contributed by atoms with Crippen LogP contribution in [-0.2, 0) is 12.8 Å². The molecule has 0 fully saturated rings. The minimum Gasteiger partial charge on any atom is -0.345 e. The number of aryl methyl sites for hydroxylation is 2. The number of rotatable bonds is 0. The summed E-state index contributed by atoms with van der Waals surface area (Å²) in [5.74, 6) is 0. The highest BCUT2D eigenvalue weighted by Crippen LogP contribution is 2.24. The second kappa shape index (κ2) is 2.59. The van der Waals surface area contributed by atoms with E-state index in [0.717, 1.165) is 5.52 Å². The van der Waals surface area contributed by atoms with Crippen molar-refractivity contribution in [2.45, 2.75) is 25.7 Å². The van der Waals surface area contributed by atoms with Gasteiger partial charge in [-0.15, -0.1) is 0 Å². The first-order valence-electron chi connectivity index (χ1n) is 4.88. The van der Waals surface area contributed by atoms with Gasteiger partial charge in [0.25, 0.3) is 0 Å². The first-order valence-corrected chi connectivity index (χ1v) is 4.88. The van der Waals surface area contributed by atoms with Gasteiger partial charge in [-0.2, -0.15) is 0 Å². The number of nitrogens with zero attached hydrogens (tertiary/aromatic N) is 1. The van der Waals surface area contributed by atoms with Crippen LogP contribution in [0.15, 0.2) is 18.5 Å². The van der Waals surface area contributed by atoms with Gasteiger partial charge in [0, 0.05) is 0 Å². The van der Waals surface area contributed by atoms with Crippen LogP contribution in [0.5, 0.6) is 0 Å². The third kappa shape index (κ3) is 1.05. The summed E-state index contributed by atoms with van der Waals surface area (Å²) in [6.07, 6.45) is 6.92. The molecule has 0 atom stereocenters. The molecule has 2 aromatic rings. The maximum atomic E-state index is 4.27. The highest BCUT2D eigenvalue weighted by Gasteiger charge is 2.10. The van der Waals surface area contributed by atoms with Crippen molar-refractivity contribution in [1.82, 2.24) is 9.97 Å². The van der Waals surface area contributed by atoms with Gasteiger partial charge in [0.2, 0.25) is 0 Å². The third-order valence-corrected chi connectivity index (χ3v) is 2.88. The minimum atomic E-state index is 1.11. The van der Waals surface area contributed by atoms with Crippen LogP contribution >= 0.6 is 0 Å². The number of hydrogen-bond acceptors (Lipinski definition) is 1. The molecule has 0 saturated carbocycles. The van der Waals surface area contributed by atoms with Crippen LogP contribution in [0.3, 0.4) is 0 Å². The van der Waals surface area contributed by atoms with Crippen LogP contribution in [0.2, 0.25) is 0 Å². The Morgan fingerprint density at radius 3 is 2.69 bits per heavy atom. The van der Waals surface area contributed by atoms with Crippen LogP contribution in [0.1, 0.15) is 24.0 Å². The zero-order valence-electron chi connectivity index (χ0n) is 7.51. The molecule has 0 saturated heterocycles. The average Bonchev–Trinajstić information content (AvgIpc) is 2.61. The van der Waals surface area contributed by atoms with Gasteiger partial charge in [0.05, 0.1) is 17.4 Å². The topological polar surface area (TPSA) is 28.7 Å². The lowest BCUT2D eigenvalue weighted by Crippen LogP contribution is -2.01. The van der Waals surface area contributed by atoms with E-state index in [0.29, 0.717) is 0 Å². The van der Waals surface area contributed by atoms with E-state index < -0.39 is 0 Å². The maximum absolute atomic E-state index is 4.27. The van der Waals surface area contributed by atoms with Crippen molar-refractivity contribution >= 4 is 11.0 Å². The number of H-pyrrole nitrogens is 1. The molecule has 0 aliphatic heterocycles. The summed E-state index contributed by atoms with van der Waals surface area (Å²) in [6.45, 7) is 0. The molecular weight excluding hydrogens is 160 g/mol. The molecule has 0 unspecified atom stereocenters. The average molecular weight is 172 g/mol. The van der Waals surface area contributed by atoms with Crippen molar-refractivity contribution < 1.29 is 0 Å². The largest absolute Gasteiger partial charge is 0.345 e. The molecule has 13 heavy (non-hydrogen) atoms. The molecule has 1 aliphatic rings. The second-order valence-electron chi connectivity index (χ2n) is 3.75. The molecular formula is C11H12N2. The molecule has 1 N–H and O–H groups in total. The van der Waals surface area contributed by atoms with Crippen molar-refractivity contribution in [2.24, 2.45) is 0 Å². The predicted molar refractivity (Wildman–Crippen MR) is 52.7 cm³/mol. The lowest BCUT2D eigenvalue weighted by atomic mass is 9.91. The number of fused-ring (bicyclic) bond motifs is 2. The van der Waals surface area contributed by atoms with Gasteiger partial charge < -0.3 is 4.98 Å². The minimum absolute atomic E-state index is 1.11. The predicted octanol–water partition coefficient (Wildman–Crippen LogP) is 2.44. The molecule has 1 aromatic carbocycles. The Kier molecular flexibility index (Phi) is 1.42. The highest BCUT2D eigenvalue weighted by atomic mass is 14.9. The molecule has 66 valence electrons. The van der Waals surface area contributed by atoms with Gasteiger partial charge >= 0.3 is 0 Å². The first kappa shape index (κ1) is 7.13. The van der Waals surface area contributed by atoms with Crippen molar-refractivity contribution in [2.75, 3.05) is 0 Å². The second-order valence-corrected chi connectivity index (χ2v) is 3.75. The van der Waals surface area contributed by atoms with Gasteiger partial charge in [0.15, 0.2) is 0 Å². The van der Waals surface area contributed by atoms with E-state index in [-0.39, 0.29) is 0 Å². The SMILES string of the molecule is c1nc2cc3c(cc2[nH]1)CCCC3. The Balaban J connectivity index is 2.28. The standard InChI is InChI=1S/C11H12N2/c1-2-4-9-6-11-10(12-7-13-11)5-8(9)3-1/h5-7H,1-4H2,(H,12,13). The molecule has 1 aliphatic carbocycles. The summed E-state index contributed by atoms with van der Waals surface area (Å²) in [5.41, 5.74) is 5.31. The fourth-order valence-corrected chi connectivity index (χ4v) is 2.17. The van der Waals surface area contributed by atoms with E-state index in [4.69, 9.17) is 0 Å². The Hall–Kier alpha value is -1.31. The molecule has 0 amide bonds. The Morgan fingerprint density at radius 2 is 1.85 bits per heavy atom. The fraction of sp³-hybridized carbons (Fsp3) is 0.364. The third-order valence-electron chi connectivity index (χ3n) is 2.88. The monoisotopic (exact) mass is 172 g/mol. The summed E-state index contributed by atoms with van der Waals surface area (Å²) in [4.78, 5) is 7.43. The Labute approximate surface area is 77.0 Å². The zero-order valence-corrected chi connectivity index (χ0v) is 7.51. The van der Waals surface area contributed by atoms with Gasteiger partial charge in [-0.25, -0.2) is 4.98 Å². The summed E-state index contributed by atoms with van der Waals surface area (Å²) >= 11 is 0. The van der Waals surface area contributed by atoms with Gasteiger partial charge in [-0.3, -0.25) is 0 Å². The van der Waals surface area contributed by atoms with Gasteiger partial charge in [-0.05, 0) is 48.9 Å². The maximum Gasteiger partial charge on any atom is 0.0931 e. The molecule has 0 bridgehead atoms. The Bertz CT molecular complexity index is 402. The van der Waals surface area contributed by atoms with Crippen LogP contribution in [-0.4, -0.2) is 9.97 Å². The summed E-state index contributed by atoms with van der Waals surface area (Å²) in [5, 5.41) is 0. The molecule has 2 nitrogen and oxygen atoms in total. The van der Waals surface area contributed by atoms with E-state index in [1.54, 1.807) is 6.33 Å². The van der Waals surface area contributed by atoms with Crippen molar-refractivity contribution in [1.29, 1.82) is 0 Å². The molecule has 0 spiro atoms. The Morgan fingerprint density at radius 1 is 1.08 bits per heavy atom. The van der Waals surface area contributed by atoms with Crippen molar-refractivity contribution in [3.8, 4) is 0 Å². The number of benzene rings is 1. The zero-order chi connectivity index (χ0) is 8.67. The normalized spacial score (nSPS) is 16.0. The number of nitrogens with one attached hydrogen (secondary N) is 1. The molecule has 3 rings (SSSR count). The van der Waals surface area contributed by atoms with Crippen LogP contribution < -0.4 is 0 Å². The number of aromatic amines is 1. The summed E-state index contributed by atoms with van der Waals surface area (Å²) in [7, 11) is 0. The van der Waals surface area contributed by atoms with E-state index in [1.165, 1.54) is 42.3 Å². The van der Waals surface area contributed by atoms with E-state index in [9.17, 15) is 0 Å².